The minimum absolute atomic E-state index is 0.313. The Kier molecular flexibility index (Phi) is 3.96. The predicted octanol–water partition coefficient (Wildman–Crippen LogP) is 2.09. The Morgan fingerprint density at radius 1 is 1.57 bits per heavy atom. The zero-order valence-corrected chi connectivity index (χ0v) is 9.67. The van der Waals surface area contributed by atoms with Crippen LogP contribution in [0, 0.1) is 6.92 Å². The number of aliphatic hydroxyl groups excluding tert-OH is 1. The molecule has 0 saturated carbocycles. The molecule has 0 aliphatic rings. The van der Waals surface area contributed by atoms with Crippen LogP contribution >= 0.6 is 11.6 Å². The Bertz CT molecular complexity index is 309. The summed E-state index contributed by atoms with van der Waals surface area (Å²) in [7, 11) is 1.85. The van der Waals surface area contributed by atoms with Crippen molar-refractivity contribution in [3.8, 4) is 0 Å². The maximum atomic E-state index is 9.66. The topological polar surface area (TPSA) is 38.1 Å². The molecular formula is C10H17ClN2O. The van der Waals surface area contributed by atoms with E-state index in [9.17, 15) is 5.11 Å². The molecule has 1 N–H and O–H groups in total. The fourth-order valence-corrected chi connectivity index (χ4v) is 1.80. The number of aryl methyl sites for hydroxylation is 2. The van der Waals surface area contributed by atoms with E-state index in [4.69, 9.17) is 11.6 Å². The highest BCUT2D eigenvalue weighted by Crippen LogP contribution is 2.21. The van der Waals surface area contributed by atoms with E-state index in [2.05, 4.69) is 12.0 Å². The first-order valence-electron chi connectivity index (χ1n) is 4.92. The summed E-state index contributed by atoms with van der Waals surface area (Å²) in [6.07, 6.45) is 2.06. The summed E-state index contributed by atoms with van der Waals surface area (Å²) in [6.45, 7) is 3.93. The van der Waals surface area contributed by atoms with Gasteiger partial charge in [-0.05, 0) is 13.3 Å². The summed E-state index contributed by atoms with van der Waals surface area (Å²) in [6, 6.07) is 0. The lowest BCUT2D eigenvalue weighted by Gasteiger charge is -2.09. The minimum Gasteiger partial charge on any atom is -0.393 e. The van der Waals surface area contributed by atoms with Crippen LogP contribution in [0.1, 0.15) is 31.2 Å². The maximum absolute atomic E-state index is 9.66. The molecule has 14 heavy (non-hydrogen) atoms. The van der Waals surface area contributed by atoms with E-state index in [0.717, 1.165) is 24.2 Å². The second-order valence-corrected chi connectivity index (χ2v) is 3.99. The lowest BCUT2D eigenvalue weighted by Crippen LogP contribution is -2.13. The van der Waals surface area contributed by atoms with Crippen LogP contribution in [0.15, 0.2) is 0 Å². The van der Waals surface area contributed by atoms with E-state index in [1.807, 2.05) is 14.0 Å². The minimum atomic E-state index is -0.313. The van der Waals surface area contributed by atoms with Crippen molar-refractivity contribution in [1.29, 1.82) is 0 Å². The molecule has 1 aromatic heterocycles. The van der Waals surface area contributed by atoms with Gasteiger partial charge in [0.2, 0.25) is 0 Å². The number of rotatable bonds is 4. The summed E-state index contributed by atoms with van der Waals surface area (Å²) in [5.74, 6) is 0. The molecule has 0 spiro atoms. The van der Waals surface area contributed by atoms with Gasteiger partial charge in [-0.15, -0.1) is 0 Å². The van der Waals surface area contributed by atoms with Gasteiger partial charge in [0.1, 0.15) is 0 Å². The molecule has 1 atom stereocenters. The van der Waals surface area contributed by atoms with Crippen LogP contribution in [0.3, 0.4) is 0 Å². The maximum Gasteiger partial charge on any atom is 0.0847 e. The molecule has 3 nitrogen and oxygen atoms in total. The van der Waals surface area contributed by atoms with Gasteiger partial charge in [-0.1, -0.05) is 24.9 Å². The summed E-state index contributed by atoms with van der Waals surface area (Å²) >= 11 is 6.06. The van der Waals surface area contributed by atoms with Crippen molar-refractivity contribution in [3.63, 3.8) is 0 Å². The van der Waals surface area contributed by atoms with Crippen molar-refractivity contribution in [3.05, 3.63) is 16.4 Å². The lowest BCUT2D eigenvalue weighted by atomic mass is 10.1. The predicted molar refractivity (Wildman–Crippen MR) is 57.6 cm³/mol. The van der Waals surface area contributed by atoms with E-state index in [1.54, 1.807) is 4.68 Å². The Labute approximate surface area is 89.7 Å². The van der Waals surface area contributed by atoms with Gasteiger partial charge in [0, 0.05) is 13.5 Å². The van der Waals surface area contributed by atoms with Crippen molar-refractivity contribution in [2.45, 2.75) is 39.2 Å². The summed E-state index contributed by atoms with van der Waals surface area (Å²) in [5.41, 5.74) is 1.75. The van der Waals surface area contributed by atoms with Crippen LogP contribution in [0.5, 0.6) is 0 Å². The summed E-state index contributed by atoms with van der Waals surface area (Å²) in [5, 5.41) is 14.5. The van der Waals surface area contributed by atoms with Crippen LogP contribution in [0.4, 0.5) is 0 Å². The molecule has 0 saturated heterocycles. The molecule has 4 heteroatoms. The average Bonchev–Trinajstić information content (AvgIpc) is 2.33. The first kappa shape index (κ1) is 11.5. The van der Waals surface area contributed by atoms with E-state index in [1.165, 1.54) is 0 Å². The number of nitrogens with zero attached hydrogens (tertiary/aromatic N) is 2. The number of hydrogen-bond donors (Lipinski definition) is 1. The SMILES string of the molecule is CCCC(O)Cc1c(Cl)c(C)nn1C. The van der Waals surface area contributed by atoms with Gasteiger partial charge in [-0.2, -0.15) is 5.10 Å². The van der Waals surface area contributed by atoms with Crippen LogP contribution < -0.4 is 0 Å². The van der Waals surface area contributed by atoms with E-state index in [0.29, 0.717) is 11.4 Å². The zero-order chi connectivity index (χ0) is 10.7. The van der Waals surface area contributed by atoms with Crippen molar-refractivity contribution in [2.24, 2.45) is 7.05 Å². The van der Waals surface area contributed by atoms with Crippen LogP contribution in [-0.4, -0.2) is 21.0 Å². The molecule has 1 aromatic rings. The van der Waals surface area contributed by atoms with Crippen molar-refractivity contribution < 1.29 is 5.11 Å². The zero-order valence-electron chi connectivity index (χ0n) is 8.92. The van der Waals surface area contributed by atoms with E-state index in [-0.39, 0.29) is 6.10 Å². The van der Waals surface area contributed by atoms with Crippen LogP contribution in [-0.2, 0) is 13.5 Å². The third kappa shape index (κ3) is 2.49. The van der Waals surface area contributed by atoms with Crippen molar-refractivity contribution >= 4 is 11.6 Å². The number of aliphatic hydroxyl groups is 1. The highest BCUT2D eigenvalue weighted by atomic mass is 35.5. The Morgan fingerprint density at radius 3 is 2.64 bits per heavy atom. The molecule has 0 radical (unpaired) electrons. The number of hydrogen-bond acceptors (Lipinski definition) is 2. The molecule has 1 rings (SSSR count). The van der Waals surface area contributed by atoms with Gasteiger partial charge in [-0.25, -0.2) is 0 Å². The fraction of sp³-hybridized carbons (Fsp3) is 0.700. The molecular weight excluding hydrogens is 200 g/mol. The standard InChI is InChI=1S/C10H17ClN2O/c1-4-5-8(14)6-9-10(11)7(2)12-13(9)3/h8,14H,4-6H2,1-3H3. The third-order valence-corrected chi connectivity index (χ3v) is 2.80. The second-order valence-electron chi connectivity index (χ2n) is 3.62. The van der Waals surface area contributed by atoms with Gasteiger partial charge < -0.3 is 5.11 Å². The molecule has 0 aliphatic heterocycles. The number of halogens is 1. The molecule has 0 aromatic carbocycles. The highest BCUT2D eigenvalue weighted by molar-refractivity contribution is 6.31. The Morgan fingerprint density at radius 2 is 2.21 bits per heavy atom. The highest BCUT2D eigenvalue weighted by Gasteiger charge is 2.14. The quantitative estimate of drug-likeness (QED) is 0.837. The Balaban J connectivity index is 2.75. The molecule has 1 heterocycles. The number of aromatic nitrogens is 2. The van der Waals surface area contributed by atoms with E-state index < -0.39 is 0 Å². The monoisotopic (exact) mass is 216 g/mol. The van der Waals surface area contributed by atoms with Crippen molar-refractivity contribution in [2.75, 3.05) is 0 Å². The first-order valence-corrected chi connectivity index (χ1v) is 5.30. The van der Waals surface area contributed by atoms with Gasteiger partial charge >= 0.3 is 0 Å². The van der Waals surface area contributed by atoms with Gasteiger partial charge in [0.25, 0.3) is 0 Å². The van der Waals surface area contributed by atoms with Gasteiger partial charge in [0.15, 0.2) is 0 Å². The lowest BCUT2D eigenvalue weighted by molar-refractivity contribution is 0.161. The smallest absolute Gasteiger partial charge is 0.0847 e. The molecule has 0 aliphatic carbocycles. The molecule has 1 unspecified atom stereocenters. The van der Waals surface area contributed by atoms with Crippen LogP contribution in [0.25, 0.3) is 0 Å². The molecule has 80 valence electrons. The summed E-state index contributed by atoms with van der Waals surface area (Å²) < 4.78 is 1.75. The summed E-state index contributed by atoms with van der Waals surface area (Å²) in [4.78, 5) is 0. The molecule has 0 amide bonds. The average molecular weight is 217 g/mol. The van der Waals surface area contributed by atoms with Crippen LogP contribution in [0.2, 0.25) is 5.02 Å². The molecule has 0 bridgehead atoms. The van der Waals surface area contributed by atoms with Crippen molar-refractivity contribution in [1.82, 2.24) is 9.78 Å². The van der Waals surface area contributed by atoms with Gasteiger partial charge in [-0.3, -0.25) is 4.68 Å². The van der Waals surface area contributed by atoms with Gasteiger partial charge in [0.05, 0.1) is 22.5 Å². The van der Waals surface area contributed by atoms with E-state index >= 15 is 0 Å². The first-order chi connectivity index (χ1) is 6.56. The normalized spacial score (nSPS) is 13.2. The Hall–Kier alpha value is -0.540. The third-order valence-electron chi connectivity index (χ3n) is 2.31. The second kappa shape index (κ2) is 4.80. The fourth-order valence-electron chi connectivity index (χ4n) is 1.56. The molecule has 0 fully saturated rings. The largest absolute Gasteiger partial charge is 0.393 e.